The van der Waals surface area contributed by atoms with Crippen LogP contribution in [0.2, 0.25) is 0 Å². The summed E-state index contributed by atoms with van der Waals surface area (Å²) >= 11 is 0. The van der Waals surface area contributed by atoms with Gasteiger partial charge < -0.3 is 10.4 Å². The summed E-state index contributed by atoms with van der Waals surface area (Å²) in [7, 11) is 0. The maximum Gasteiger partial charge on any atom is 0.240 e. The minimum absolute atomic E-state index is 0.0688. The number of carbonyl (C=O) groups is 2. The number of hydrazone groups is 1. The highest BCUT2D eigenvalue weighted by Gasteiger charge is 2.06. The molecule has 0 atom stereocenters. The van der Waals surface area contributed by atoms with Crippen molar-refractivity contribution in [2.45, 2.75) is 64.2 Å². The first-order valence-electron chi connectivity index (χ1n) is 9.74. The van der Waals surface area contributed by atoms with Gasteiger partial charge in [0.25, 0.3) is 0 Å². The number of benzene rings is 1. The van der Waals surface area contributed by atoms with Gasteiger partial charge in [-0.3, -0.25) is 9.59 Å². The van der Waals surface area contributed by atoms with Crippen LogP contribution in [-0.4, -0.2) is 23.1 Å². The van der Waals surface area contributed by atoms with Gasteiger partial charge in [-0.1, -0.05) is 31.1 Å². The van der Waals surface area contributed by atoms with Crippen LogP contribution in [0.4, 0.5) is 5.69 Å². The molecule has 0 radical (unpaired) electrons. The van der Waals surface area contributed by atoms with Gasteiger partial charge >= 0.3 is 0 Å². The second kappa shape index (κ2) is 11.9. The SMILES string of the molecule is O=C(CCCCCCC(=O)Nc1ccccc1O)N/N=C/C1=CCCCC1. The lowest BCUT2D eigenvalue weighted by Crippen LogP contribution is -2.17. The second-order valence-electron chi connectivity index (χ2n) is 6.80. The van der Waals surface area contributed by atoms with E-state index in [2.05, 4.69) is 21.9 Å². The van der Waals surface area contributed by atoms with Gasteiger partial charge in [-0.2, -0.15) is 5.10 Å². The zero-order valence-electron chi connectivity index (χ0n) is 15.7. The van der Waals surface area contributed by atoms with Crippen LogP contribution in [0.25, 0.3) is 0 Å². The molecule has 3 N–H and O–H groups in total. The Morgan fingerprint density at radius 3 is 2.48 bits per heavy atom. The lowest BCUT2D eigenvalue weighted by atomic mass is 10.0. The van der Waals surface area contributed by atoms with Crippen molar-refractivity contribution >= 4 is 23.7 Å². The number of para-hydroxylation sites is 2. The van der Waals surface area contributed by atoms with E-state index in [1.54, 1.807) is 24.4 Å². The highest BCUT2D eigenvalue weighted by Crippen LogP contribution is 2.21. The summed E-state index contributed by atoms with van der Waals surface area (Å²) in [5, 5.41) is 16.3. The minimum Gasteiger partial charge on any atom is -0.506 e. The molecule has 0 aromatic heterocycles. The Morgan fingerprint density at radius 2 is 1.78 bits per heavy atom. The van der Waals surface area contributed by atoms with E-state index in [1.807, 2.05) is 0 Å². The molecule has 6 nitrogen and oxygen atoms in total. The monoisotopic (exact) mass is 371 g/mol. The number of hydrogen-bond donors (Lipinski definition) is 3. The van der Waals surface area contributed by atoms with Crippen molar-refractivity contribution in [1.82, 2.24) is 5.43 Å². The average molecular weight is 371 g/mol. The fraction of sp³-hybridized carbons (Fsp3) is 0.476. The smallest absolute Gasteiger partial charge is 0.240 e. The summed E-state index contributed by atoms with van der Waals surface area (Å²) in [5.74, 6) is -0.111. The molecular formula is C21H29N3O3. The number of carbonyl (C=O) groups excluding carboxylic acids is 2. The summed E-state index contributed by atoms with van der Waals surface area (Å²) in [6.45, 7) is 0. The van der Waals surface area contributed by atoms with Crippen LogP contribution in [0.1, 0.15) is 64.2 Å². The molecule has 0 saturated heterocycles. The molecule has 146 valence electrons. The first-order valence-corrected chi connectivity index (χ1v) is 9.74. The molecule has 1 aliphatic rings. The first-order chi connectivity index (χ1) is 13.1. The molecule has 27 heavy (non-hydrogen) atoms. The Hall–Kier alpha value is -2.63. The van der Waals surface area contributed by atoms with Crippen molar-refractivity contribution in [2.75, 3.05) is 5.32 Å². The molecule has 0 aliphatic heterocycles. The van der Waals surface area contributed by atoms with Gasteiger partial charge in [0.2, 0.25) is 11.8 Å². The van der Waals surface area contributed by atoms with E-state index in [0.717, 1.165) is 38.5 Å². The van der Waals surface area contributed by atoms with E-state index in [1.165, 1.54) is 24.5 Å². The maximum absolute atomic E-state index is 11.8. The zero-order chi connectivity index (χ0) is 19.3. The number of aromatic hydroxyl groups is 1. The van der Waals surface area contributed by atoms with Crippen molar-refractivity contribution in [3.8, 4) is 5.75 Å². The number of unbranched alkanes of at least 4 members (excludes halogenated alkanes) is 3. The number of nitrogens with zero attached hydrogens (tertiary/aromatic N) is 1. The number of nitrogens with one attached hydrogen (secondary N) is 2. The van der Waals surface area contributed by atoms with Gasteiger partial charge in [-0.25, -0.2) is 5.43 Å². The molecule has 1 aromatic rings. The Kier molecular flexibility index (Phi) is 9.10. The Balaban J connectivity index is 1.49. The molecule has 1 aromatic carbocycles. The van der Waals surface area contributed by atoms with Gasteiger partial charge in [-0.05, 0) is 56.2 Å². The Labute approximate surface area is 160 Å². The van der Waals surface area contributed by atoms with E-state index < -0.39 is 0 Å². The molecule has 0 spiro atoms. The molecule has 0 bridgehead atoms. The predicted molar refractivity (Wildman–Crippen MR) is 108 cm³/mol. The number of phenolic OH excluding ortho intramolecular Hbond substituents is 1. The minimum atomic E-state index is -0.111. The summed E-state index contributed by atoms with van der Waals surface area (Å²) in [5.41, 5.74) is 4.21. The maximum atomic E-state index is 11.8. The molecular weight excluding hydrogens is 342 g/mol. The largest absolute Gasteiger partial charge is 0.506 e. The van der Waals surface area contributed by atoms with Crippen LogP contribution in [0.15, 0.2) is 41.0 Å². The average Bonchev–Trinajstić information content (AvgIpc) is 2.67. The van der Waals surface area contributed by atoms with Crippen LogP contribution in [0, 0.1) is 0 Å². The van der Waals surface area contributed by atoms with Gasteiger partial charge in [0, 0.05) is 12.8 Å². The van der Waals surface area contributed by atoms with E-state index in [0.29, 0.717) is 18.5 Å². The number of hydrogen-bond acceptors (Lipinski definition) is 4. The molecule has 0 heterocycles. The first kappa shape index (κ1) is 20.7. The van der Waals surface area contributed by atoms with E-state index in [9.17, 15) is 14.7 Å². The zero-order valence-corrected chi connectivity index (χ0v) is 15.7. The van der Waals surface area contributed by atoms with Gasteiger partial charge in [0.1, 0.15) is 5.75 Å². The molecule has 0 fully saturated rings. The summed E-state index contributed by atoms with van der Waals surface area (Å²) in [4.78, 5) is 23.6. The summed E-state index contributed by atoms with van der Waals surface area (Å²) in [6.07, 6.45) is 12.7. The molecule has 1 aliphatic carbocycles. The lowest BCUT2D eigenvalue weighted by molar-refractivity contribution is -0.121. The predicted octanol–water partition coefficient (Wildman–Crippen LogP) is 4.27. The fourth-order valence-corrected chi connectivity index (χ4v) is 2.94. The quantitative estimate of drug-likeness (QED) is 0.248. The number of rotatable bonds is 10. The molecule has 6 heteroatoms. The number of amides is 2. The Morgan fingerprint density at radius 1 is 1.04 bits per heavy atom. The standard InChI is InChI=1S/C21H29N3O3/c25-19-13-9-8-12-18(19)23-20(26)14-6-1-2-7-15-21(27)24-22-16-17-10-4-3-5-11-17/h8-10,12-13,16,25H,1-7,11,14-15H2,(H,23,26)(H,24,27)/b22-16+. The van der Waals surface area contributed by atoms with Crippen molar-refractivity contribution in [1.29, 1.82) is 0 Å². The highest BCUT2D eigenvalue weighted by atomic mass is 16.3. The topological polar surface area (TPSA) is 90.8 Å². The molecule has 0 unspecified atom stereocenters. The second-order valence-corrected chi connectivity index (χ2v) is 6.80. The summed E-state index contributed by atoms with van der Waals surface area (Å²) < 4.78 is 0. The van der Waals surface area contributed by atoms with Crippen LogP contribution >= 0.6 is 0 Å². The van der Waals surface area contributed by atoms with E-state index in [-0.39, 0.29) is 17.6 Å². The number of phenols is 1. The van der Waals surface area contributed by atoms with Crippen molar-refractivity contribution in [3.05, 3.63) is 35.9 Å². The Bertz CT molecular complexity index is 683. The highest BCUT2D eigenvalue weighted by molar-refractivity contribution is 5.92. The van der Waals surface area contributed by atoms with Gasteiger partial charge in [-0.15, -0.1) is 0 Å². The van der Waals surface area contributed by atoms with Crippen LogP contribution in [0.3, 0.4) is 0 Å². The van der Waals surface area contributed by atoms with Crippen molar-refractivity contribution < 1.29 is 14.7 Å². The summed E-state index contributed by atoms with van der Waals surface area (Å²) in [6, 6.07) is 6.67. The van der Waals surface area contributed by atoms with Crippen molar-refractivity contribution in [2.24, 2.45) is 5.10 Å². The van der Waals surface area contributed by atoms with Gasteiger partial charge in [0.15, 0.2) is 0 Å². The molecule has 2 amide bonds. The normalized spacial score (nSPS) is 14.0. The number of allylic oxidation sites excluding steroid dienone is 2. The van der Waals surface area contributed by atoms with E-state index >= 15 is 0 Å². The third kappa shape index (κ3) is 8.53. The molecule has 2 rings (SSSR count). The third-order valence-corrected chi connectivity index (χ3v) is 4.48. The molecule has 0 saturated carbocycles. The van der Waals surface area contributed by atoms with Gasteiger partial charge in [0.05, 0.1) is 11.9 Å². The van der Waals surface area contributed by atoms with Crippen LogP contribution < -0.4 is 10.7 Å². The van der Waals surface area contributed by atoms with Crippen LogP contribution in [0.5, 0.6) is 5.75 Å². The fourth-order valence-electron chi connectivity index (χ4n) is 2.94. The number of anilines is 1. The van der Waals surface area contributed by atoms with Crippen LogP contribution in [-0.2, 0) is 9.59 Å². The van der Waals surface area contributed by atoms with E-state index in [4.69, 9.17) is 0 Å². The van der Waals surface area contributed by atoms with Crippen molar-refractivity contribution in [3.63, 3.8) is 0 Å². The third-order valence-electron chi connectivity index (χ3n) is 4.48. The lowest BCUT2D eigenvalue weighted by Gasteiger charge is -2.07.